The lowest BCUT2D eigenvalue weighted by molar-refractivity contribution is 0.0544. The van der Waals surface area contributed by atoms with Crippen molar-refractivity contribution in [1.82, 2.24) is 4.57 Å². The molecular weight excluding hydrogens is 458 g/mol. The van der Waals surface area contributed by atoms with Crippen LogP contribution in [0.1, 0.15) is 37.5 Å². The Kier molecular flexibility index (Phi) is 6.19. The van der Waals surface area contributed by atoms with Crippen molar-refractivity contribution in [2.24, 2.45) is 0 Å². The van der Waals surface area contributed by atoms with Gasteiger partial charge in [0.1, 0.15) is 11.4 Å². The van der Waals surface area contributed by atoms with Gasteiger partial charge in [-0.3, -0.25) is 4.57 Å². The fourth-order valence-electron chi connectivity index (χ4n) is 3.10. The number of rotatable bonds is 3. The first-order valence-corrected chi connectivity index (χ1v) is 10.2. The standard InChI is InChI=1S/C24H20BrN3O3/c1-24(2,3)31-23(29)28-14-19(18-12-17(25)7-8-21(18)28)20(27-4)11-16-10-15(13-26)6-9-22(16)30-5/h6-12,14H,1-3,5H3/b20-11-. The number of fused-ring (bicyclic) bond motifs is 1. The second kappa shape index (κ2) is 8.67. The topological polar surface area (TPSA) is 68.6 Å². The minimum absolute atomic E-state index is 0.304. The molecule has 1 aromatic heterocycles. The van der Waals surface area contributed by atoms with Crippen molar-refractivity contribution in [2.75, 3.05) is 7.11 Å². The molecule has 31 heavy (non-hydrogen) atoms. The maximum Gasteiger partial charge on any atom is 0.418 e. The molecule has 0 fully saturated rings. The summed E-state index contributed by atoms with van der Waals surface area (Å²) in [5.41, 5.74) is 1.89. The second-order valence-corrected chi connectivity index (χ2v) is 8.68. The fourth-order valence-corrected chi connectivity index (χ4v) is 3.46. The zero-order valence-electron chi connectivity index (χ0n) is 17.6. The van der Waals surface area contributed by atoms with Gasteiger partial charge < -0.3 is 9.47 Å². The van der Waals surface area contributed by atoms with Crippen LogP contribution in [-0.2, 0) is 4.74 Å². The molecule has 0 saturated carbocycles. The number of carbonyl (C=O) groups excluding carboxylic acids is 1. The lowest BCUT2D eigenvalue weighted by Crippen LogP contribution is -2.26. The number of nitrogens with zero attached hydrogens (tertiary/aromatic N) is 3. The highest BCUT2D eigenvalue weighted by molar-refractivity contribution is 9.10. The molecule has 0 spiro atoms. The molecule has 7 heteroatoms. The Labute approximate surface area is 189 Å². The predicted octanol–water partition coefficient (Wildman–Crippen LogP) is 6.48. The summed E-state index contributed by atoms with van der Waals surface area (Å²) in [4.78, 5) is 16.5. The summed E-state index contributed by atoms with van der Waals surface area (Å²) < 4.78 is 13.1. The Bertz CT molecular complexity index is 1280. The summed E-state index contributed by atoms with van der Waals surface area (Å²) in [6.45, 7) is 13.2. The van der Waals surface area contributed by atoms with Crippen LogP contribution < -0.4 is 4.74 Å². The van der Waals surface area contributed by atoms with E-state index in [0.717, 1.165) is 9.86 Å². The summed E-state index contributed by atoms with van der Waals surface area (Å²) in [6, 6.07) is 12.6. The molecule has 0 aliphatic heterocycles. The molecule has 0 atom stereocenters. The van der Waals surface area contributed by atoms with Crippen LogP contribution in [0.15, 0.2) is 47.1 Å². The number of aromatic nitrogens is 1. The minimum Gasteiger partial charge on any atom is -0.496 e. The van der Waals surface area contributed by atoms with E-state index in [0.29, 0.717) is 33.7 Å². The highest BCUT2D eigenvalue weighted by atomic mass is 79.9. The minimum atomic E-state index is -0.660. The van der Waals surface area contributed by atoms with Gasteiger partial charge in [0.05, 0.1) is 30.8 Å². The Morgan fingerprint density at radius 3 is 2.61 bits per heavy atom. The van der Waals surface area contributed by atoms with Gasteiger partial charge in [0, 0.05) is 21.8 Å². The largest absolute Gasteiger partial charge is 0.496 e. The first-order valence-electron chi connectivity index (χ1n) is 9.38. The van der Waals surface area contributed by atoms with Crippen LogP contribution in [0, 0.1) is 17.9 Å². The molecule has 1 heterocycles. The quantitative estimate of drug-likeness (QED) is 0.404. The van der Waals surface area contributed by atoms with Gasteiger partial charge in [0.2, 0.25) is 0 Å². The van der Waals surface area contributed by atoms with E-state index in [1.54, 1.807) is 57.3 Å². The molecule has 3 rings (SSSR count). The summed E-state index contributed by atoms with van der Waals surface area (Å²) >= 11 is 3.46. The van der Waals surface area contributed by atoms with Crippen molar-refractivity contribution in [2.45, 2.75) is 26.4 Å². The fraction of sp³-hybridized carbons (Fsp3) is 0.208. The average molecular weight is 478 g/mol. The number of hydrogen-bond donors (Lipinski definition) is 0. The van der Waals surface area contributed by atoms with E-state index >= 15 is 0 Å². The van der Waals surface area contributed by atoms with E-state index in [1.165, 1.54) is 11.7 Å². The third-order valence-electron chi connectivity index (χ3n) is 4.40. The molecule has 3 aromatic rings. The van der Waals surface area contributed by atoms with Gasteiger partial charge in [-0.05, 0) is 68.6 Å². The first-order chi connectivity index (χ1) is 14.7. The molecule has 0 radical (unpaired) electrons. The summed E-state index contributed by atoms with van der Waals surface area (Å²) in [5, 5.41) is 9.95. The molecule has 156 valence electrons. The maximum absolute atomic E-state index is 12.8. The number of hydrogen-bond acceptors (Lipinski definition) is 4. The summed E-state index contributed by atoms with van der Waals surface area (Å²) in [7, 11) is 1.53. The van der Waals surface area contributed by atoms with E-state index in [4.69, 9.17) is 16.0 Å². The molecule has 6 nitrogen and oxygen atoms in total. The normalized spacial score (nSPS) is 11.6. The van der Waals surface area contributed by atoms with Crippen LogP contribution in [0.5, 0.6) is 5.75 Å². The zero-order valence-corrected chi connectivity index (χ0v) is 19.1. The Morgan fingerprint density at radius 1 is 1.26 bits per heavy atom. The van der Waals surface area contributed by atoms with Gasteiger partial charge in [-0.1, -0.05) is 15.9 Å². The van der Waals surface area contributed by atoms with Gasteiger partial charge in [0.25, 0.3) is 0 Å². The van der Waals surface area contributed by atoms with Crippen LogP contribution in [0.3, 0.4) is 0 Å². The Balaban J connectivity index is 2.23. The van der Waals surface area contributed by atoms with Gasteiger partial charge in [0.15, 0.2) is 5.70 Å². The van der Waals surface area contributed by atoms with Crippen LogP contribution in [0.2, 0.25) is 0 Å². The van der Waals surface area contributed by atoms with E-state index in [2.05, 4.69) is 26.8 Å². The van der Waals surface area contributed by atoms with E-state index in [9.17, 15) is 10.1 Å². The number of methoxy groups -OCH3 is 1. The number of carbonyl (C=O) groups is 1. The van der Waals surface area contributed by atoms with Gasteiger partial charge in [-0.15, -0.1) is 0 Å². The van der Waals surface area contributed by atoms with Crippen molar-refractivity contribution >= 4 is 44.7 Å². The molecule has 0 unspecified atom stereocenters. The number of benzene rings is 2. The molecule has 0 bridgehead atoms. The van der Waals surface area contributed by atoms with Gasteiger partial charge >= 0.3 is 6.09 Å². The van der Waals surface area contributed by atoms with Crippen LogP contribution in [-0.4, -0.2) is 23.4 Å². The van der Waals surface area contributed by atoms with Crippen molar-refractivity contribution in [3.63, 3.8) is 0 Å². The highest BCUT2D eigenvalue weighted by Gasteiger charge is 2.22. The van der Waals surface area contributed by atoms with Gasteiger partial charge in [-0.25, -0.2) is 9.64 Å². The maximum atomic E-state index is 12.8. The Morgan fingerprint density at radius 2 is 2.00 bits per heavy atom. The molecule has 0 aliphatic carbocycles. The monoisotopic (exact) mass is 477 g/mol. The number of ether oxygens (including phenoxy) is 2. The van der Waals surface area contributed by atoms with Crippen LogP contribution >= 0.6 is 15.9 Å². The predicted molar refractivity (Wildman–Crippen MR) is 123 cm³/mol. The van der Waals surface area contributed by atoms with E-state index in [-0.39, 0.29) is 0 Å². The highest BCUT2D eigenvalue weighted by Crippen LogP contribution is 2.34. The van der Waals surface area contributed by atoms with Crippen molar-refractivity contribution in [3.05, 3.63) is 75.2 Å². The first kappa shape index (κ1) is 22.1. The lowest BCUT2D eigenvalue weighted by Gasteiger charge is -2.19. The molecule has 2 aromatic carbocycles. The van der Waals surface area contributed by atoms with E-state index < -0.39 is 11.7 Å². The zero-order chi connectivity index (χ0) is 22.8. The number of halogens is 1. The van der Waals surface area contributed by atoms with Crippen molar-refractivity contribution in [1.29, 1.82) is 5.26 Å². The second-order valence-electron chi connectivity index (χ2n) is 7.76. The molecular formula is C24H20BrN3O3. The van der Waals surface area contributed by atoms with Gasteiger partial charge in [-0.2, -0.15) is 5.26 Å². The third kappa shape index (κ3) is 4.79. The SMILES string of the molecule is [C-]#[N+]/C(=C\c1cc(C#N)ccc1OC)c1cn(C(=O)OC(C)(C)C)c2ccc(Br)cc12. The van der Waals surface area contributed by atoms with Crippen LogP contribution in [0.4, 0.5) is 4.79 Å². The molecule has 0 N–H and O–H groups in total. The van der Waals surface area contributed by atoms with Crippen molar-refractivity contribution in [3.8, 4) is 11.8 Å². The summed E-state index contributed by atoms with van der Waals surface area (Å²) in [6.07, 6.45) is 2.73. The average Bonchev–Trinajstić information content (AvgIpc) is 3.09. The molecule has 0 aliphatic rings. The van der Waals surface area contributed by atoms with Crippen molar-refractivity contribution < 1.29 is 14.3 Å². The summed E-state index contributed by atoms with van der Waals surface area (Å²) in [5.74, 6) is 0.539. The molecule has 0 saturated heterocycles. The third-order valence-corrected chi connectivity index (χ3v) is 4.90. The lowest BCUT2D eigenvalue weighted by atomic mass is 10.1. The van der Waals surface area contributed by atoms with Crippen LogP contribution in [0.25, 0.3) is 27.5 Å². The Hall–Kier alpha value is -3.55. The van der Waals surface area contributed by atoms with E-state index in [1.807, 2.05) is 12.1 Å². The number of nitriles is 1. The molecule has 0 amide bonds. The smallest absolute Gasteiger partial charge is 0.418 e.